The van der Waals surface area contributed by atoms with Crippen LogP contribution in [0.4, 0.5) is 0 Å². The van der Waals surface area contributed by atoms with Crippen LogP contribution in [0, 0.1) is 0 Å². The van der Waals surface area contributed by atoms with Crippen LogP contribution in [0.5, 0.6) is 0 Å². The molecule has 0 spiro atoms. The Hall–Kier alpha value is -1.36. The molecular weight excluding hydrogens is 252 g/mol. The molecule has 18 heavy (non-hydrogen) atoms. The second kappa shape index (κ2) is 6.54. The van der Waals surface area contributed by atoms with Crippen molar-refractivity contribution in [1.29, 1.82) is 0 Å². The first kappa shape index (κ1) is 14.7. The Morgan fingerprint density at radius 3 is 2.50 bits per heavy atom. The molecule has 1 aromatic carbocycles. The summed E-state index contributed by atoms with van der Waals surface area (Å²) in [5.74, 6) is -1.16. The highest BCUT2D eigenvalue weighted by molar-refractivity contribution is 7.90. The maximum atomic E-state index is 11.9. The van der Waals surface area contributed by atoms with Gasteiger partial charge in [0.05, 0.1) is 17.1 Å². The number of rotatable bonds is 7. The summed E-state index contributed by atoms with van der Waals surface area (Å²) in [5.41, 5.74) is 0.429. The molecule has 0 unspecified atom stereocenters. The van der Waals surface area contributed by atoms with E-state index in [1.54, 1.807) is 18.2 Å². The highest BCUT2D eigenvalue weighted by Crippen LogP contribution is 2.14. The molecule has 0 saturated carbocycles. The zero-order valence-corrected chi connectivity index (χ0v) is 11.2. The van der Waals surface area contributed by atoms with E-state index in [0.29, 0.717) is 12.0 Å². The number of carbonyl (C=O) groups is 1. The normalized spacial score (nSPS) is 11.4. The lowest BCUT2D eigenvalue weighted by atomic mass is 10.1. The monoisotopic (exact) mass is 270 g/mol. The Labute approximate surface area is 108 Å². The topological polar surface area (TPSA) is 71.4 Å². The molecule has 0 aromatic heterocycles. The van der Waals surface area contributed by atoms with E-state index in [-0.39, 0.29) is 17.1 Å². The summed E-state index contributed by atoms with van der Waals surface area (Å²) in [6, 6.07) is 6.24. The third-order valence-electron chi connectivity index (χ3n) is 2.68. The van der Waals surface area contributed by atoms with Gasteiger partial charge in [-0.2, -0.15) is 0 Å². The Balaban J connectivity index is 2.81. The van der Waals surface area contributed by atoms with Crippen LogP contribution in [0.2, 0.25) is 0 Å². The molecule has 0 amide bonds. The van der Waals surface area contributed by atoms with E-state index in [0.717, 1.165) is 12.8 Å². The first-order chi connectivity index (χ1) is 8.46. The molecule has 0 radical (unpaired) electrons. The van der Waals surface area contributed by atoms with Crippen LogP contribution in [0.1, 0.15) is 42.1 Å². The lowest BCUT2D eigenvalue weighted by Gasteiger charge is -2.07. The highest BCUT2D eigenvalue weighted by atomic mass is 32.2. The Morgan fingerprint density at radius 1 is 1.22 bits per heavy atom. The van der Waals surface area contributed by atoms with Crippen LogP contribution >= 0.6 is 0 Å². The van der Waals surface area contributed by atoms with Crippen molar-refractivity contribution in [3.63, 3.8) is 0 Å². The van der Waals surface area contributed by atoms with Crippen LogP contribution < -0.4 is 0 Å². The van der Waals surface area contributed by atoms with Crippen molar-refractivity contribution in [2.45, 2.75) is 31.9 Å². The quantitative estimate of drug-likeness (QED) is 0.773. The maximum absolute atomic E-state index is 11.9. The number of sulfone groups is 1. The van der Waals surface area contributed by atoms with E-state index in [1.165, 1.54) is 6.07 Å². The summed E-state index contributed by atoms with van der Waals surface area (Å²) < 4.78 is 23.7. The summed E-state index contributed by atoms with van der Waals surface area (Å²) in [4.78, 5) is 11.0. The second-order valence-corrected chi connectivity index (χ2v) is 6.45. The average molecular weight is 270 g/mol. The third-order valence-corrected chi connectivity index (χ3v) is 4.34. The molecule has 0 heterocycles. The highest BCUT2D eigenvalue weighted by Gasteiger charge is 2.16. The van der Waals surface area contributed by atoms with Crippen molar-refractivity contribution < 1.29 is 18.3 Å². The molecule has 1 aromatic rings. The van der Waals surface area contributed by atoms with E-state index in [4.69, 9.17) is 5.11 Å². The fraction of sp³-hybridized carbons (Fsp3) is 0.462. The smallest absolute Gasteiger partial charge is 0.335 e. The number of aromatic carboxylic acids is 1. The summed E-state index contributed by atoms with van der Waals surface area (Å²) in [6.45, 7) is 2.01. The van der Waals surface area contributed by atoms with Gasteiger partial charge in [0.25, 0.3) is 0 Å². The van der Waals surface area contributed by atoms with Gasteiger partial charge in [-0.05, 0) is 18.1 Å². The number of hydrogen-bond donors (Lipinski definition) is 1. The summed E-state index contributed by atoms with van der Waals surface area (Å²) >= 11 is 0. The van der Waals surface area contributed by atoms with Gasteiger partial charge in [0.15, 0.2) is 9.84 Å². The lowest BCUT2D eigenvalue weighted by molar-refractivity contribution is 0.0696. The van der Waals surface area contributed by atoms with Gasteiger partial charge in [0.1, 0.15) is 0 Å². The Kier molecular flexibility index (Phi) is 5.34. The van der Waals surface area contributed by atoms with Crippen molar-refractivity contribution in [3.8, 4) is 0 Å². The average Bonchev–Trinajstić information content (AvgIpc) is 2.29. The van der Waals surface area contributed by atoms with E-state index in [1.807, 2.05) is 6.92 Å². The maximum Gasteiger partial charge on any atom is 0.335 e. The van der Waals surface area contributed by atoms with Crippen LogP contribution in [-0.4, -0.2) is 25.2 Å². The van der Waals surface area contributed by atoms with Crippen molar-refractivity contribution in [2.24, 2.45) is 0 Å². The van der Waals surface area contributed by atoms with Crippen LogP contribution in [0.15, 0.2) is 24.3 Å². The number of unbranched alkanes of at least 4 members (excludes halogenated alkanes) is 2. The van der Waals surface area contributed by atoms with Gasteiger partial charge >= 0.3 is 5.97 Å². The first-order valence-corrected chi connectivity index (χ1v) is 7.80. The van der Waals surface area contributed by atoms with Crippen LogP contribution in [0.25, 0.3) is 0 Å². The lowest BCUT2D eigenvalue weighted by Crippen LogP contribution is -2.12. The predicted molar refractivity (Wildman–Crippen MR) is 70.4 cm³/mol. The van der Waals surface area contributed by atoms with Crippen molar-refractivity contribution >= 4 is 15.8 Å². The standard InChI is InChI=1S/C13H18O4S/c1-2-3-6-9-18(16,17)10-11-7-4-5-8-12(11)13(14)15/h4-5,7-8H,2-3,6,9-10H2,1H3,(H,14,15). The molecule has 0 atom stereocenters. The van der Waals surface area contributed by atoms with Gasteiger partial charge in [-0.15, -0.1) is 0 Å². The summed E-state index contributed by atoms with van der Waals surface area (Å²) in [6.07, 6.45) is 2.47. The van der Waals surface area contributed by atoms with Crippen molar-refractivity contribution in [1.82, 2.24) is 0 Å². The molecule has 0 aliphatic carbocycles. The molecule has 0 bridgehead atoms. The SMILES string of the molecule is CCCCCS(=O)(=O)Cc1ccccc1C(=O)O. The largest absolute Gasteiger partial charge is 0.478 e. The Morgan fingerprint density at radius 2 is 1.89 bits per heavy atom. The molecule has 0 aliphatic rings. The van der Waals surface area contributed by atoms with E-state index < -0.39 is 15.8 Å². The number of benzene rings is 1. The molecule has 5 heteroatoms. The fourth-order valence-electron chi connectivity index (χ4n) is 1.74. The number of hydrogen-bond acceptors (Lipinski definition) is 3. The minimum absolute atomic E-state index is 0.0663. The van der Waals surface area contributed by atoms with E-state index in [2.05, 4.69) is 0 Å². The van der Waals surface area contributed by atoms with Crippen LogP contribution in [0.3, 0.4) is 0 Å². The molecular formula is C13H18O4S. The van der Waals surface area contributed by atoms with E-state index in [9.17, 15) is 13.2 Å². The van der Waals surface area contributed by atoms with Crippen molar-refractivity contribution in [2.75, 3.05) is 5.75 Å². The first-order valence-electron chi connectivity index (χ1n) is 5.98. The fourth-order valence-corrected chi connectivity index (χ4v) is 3.25. The third kappa shape index (κ3) is 4.49. The zero-order valence-electron chi connectivity index (χ0n) is 10.4. The number of carboxylic acid groups (broad SMARTS) is 1. The molecule has 0 saturated heterocycles. The Bertz CT molecular complexity index is 505. The van der Waals surface area contributed by atoms with Crippen molar-refractivity contribution in [3.05, 3.63) is 35.4 Å². The molecule has 1 N–H and O–H groups in total. The van der Waals surface area contributed by atoms with Gasteiger partial charge in [-0.3, -0.25) is 0 Å². The zero-order chi connectivity index (χ0) is 13.6. The number of carboxylic acids is 1. The minimum atomic E-state index is -3.23. The van der Waals surface area contributed by atoms with Gasteiger partial charge < -0.3 is 5.11 Å². The molecule has 4 nitrogen and oxygen atoms in total. The molecule has 0 aliphatic heterocycles. The molecule has 0 fully saturated rings. The summed E-state index contributed by atoms with van der Waals surface area (Å²) in [5, 5.41) is 8.98. The molecule has 1 rings (SSSR count). The minimum Gasteiger partial charge on any atom is -0.478 e. The predicted octanol–water partition coefficient (Wildman–Crippen LogP) is 2.49. The van der Waals surface area contributed by atoms with Crippen LogP contribution in [-0.2, 0) is 15.6 Å². The van der Waals surface area contributed by atoms with Gasteiger partial charge in [-0.1, -0.05) is 38.0 Å². The summed E-state index contributed by atoms with van der Waals surface area (Å²) in [7, 11) is -3.23. The van der Waals surface area contributed by atoms with Gasteiger partial charge in [0.2, 0.25) is 0 Å². The molecule has 100 valence electrons. The van der Waals surface area contributed by atoms with Gasteiger partial charge in [0, 0.05) is 0 Å². The second-order valence-electron chi connectivity index (χ2n) is 4.26. The van der Waals surface area contributed by atoms with Gasteiger partial charge in [-0.25, -0.2) is 13.2 Å². The van der Waals surface area contributed by atoms with E-state index >= 15 is 0 Å².